The van der Waals surface area contributed by atoms with E-state index in [1.807, 2.05) is 24.3 Å². The summed E-state index contributed by atoms with van der Waals surface area (Å²) in [4.78, 5) is 4.51. The Bertz CT molecular complexity index is 3660. The molecule has 4 heteroatoms. The monoisotopic (exact) mass is 836 g/mol. The topological polar surface area (TPSA) is 6.48 Å². The summed E-state index contributed by atoms with van der Waals surface area (Å²) >= 11 is 0. The molecule has 0 saturated heterocycles. The highest BCUT2D eigenvalue weighted by Crippen LogP contribution is 2.63. The summed E-state index contributed by atoms with van der Waals surface area (Å²) in [6, 6.07) is 79.4. The van der Waals surface area contributed by atoms with Crippen molar-refractivity contribution in [1.29, 1.82) is 0 Å². The van der Waals surface area contributed by atoms with Crippen molar-refractivity contribution < 1.29 is 8.78 Å². The van der Waals surface area contributed by atoms with Gasteiger partial charge in [0.15, 0.2) is 0 Å². The number of fused-ring (bicyclic) bond motifs is 11. The first kappa shape index (κ1) is 37.2. The molecule has 0 heterocycles. The SMILES string of the molecule is Fc1ccc(N(c2ccc3c(c2)C2(c4ccccc4-c4ccccc42)c2cccc4c(N(c5ccc(F)cc5)c5ccc6ccccc6c5)ccc-3c24)c2ccc3ccccc3c2)cc1. The lowest BCUT2D eigenvalue weighted by molar-refractivity contribution is 0.627. The van der Waals surface area contributed by atoms with Crippen LogP contribution in [0.5, 0.6) is 0 Å². The molecule has 2 nitrogen and oxygen atoms in total. The Morgan fingerprint density at radius 2 is 0.738 bits per heavy atom. The first-order valence-corrected chi connectivity index (χ1v) is 22.0. The minimum absolute atomic E-state index is 0.279. The van der Waals surface area contributed by atoms with Crippen LogP contribution in [0.3, 0.4) is 0 Å². The van der Waals surface area contributed by atoms with Gasteiger partial charge in [-0.05, 0) is 162 Å². The fourth-order valence-corrected chi connectivity index (χ4v) is 11.0. The van der Waals surface area contributed by atoms with Gasteiger partial charge in [-0.15, -0.1) is 0 Å². The first-order valence-electron chi connectivity index (χ1n) is 22.0. The normalized spacial score (nSPS) is 12.9. The van der Waals surface area contributed by atoms with E-state index in [0.717, 1.165) is 72.2 Å². The van der Waals surface area contributed by atoms with Crippen LogP contribution in [0.2, 0.25) is 0 Å². The predicted molar refractivity (Wildman–Crippen MR) is 265 cm³/mol. The third kappa shape index (κ3) is 5.57. The van der Waals surface area contributed by atoms with Crippen LogP contribution in [0.25, 0.3) is 54.6 Å². The lowest BCUT2D eigenvalue weighted by atomic mass is 9.61. The van der Waals surface area contributed by atoms with Gasteiger partial charge in [0.05, 0.1) is 11.1 Å². The fourth-order valence-electron chi connectivity index (χ4n) is 11.0. The van der Waals surface area contributed by atoms with Crippen molar-refractivity contribution in [3.05, 3.63) is 264 Å². The van der Waals surface area contributed by atoms with E-state index >= 15 is 0 Å². The molecule has 0 radical (unpaired) electrons. The second-order valence-electron chi connectivity index (χ2n) is 17.1. The van der Waals surface area contributed by atoms with E-state index in [-0.39, 0.29) is 11.6 Å². The highest BCUT2D eigenvalue weighted by atomic mass is 19.1. The summed E-state index contributed by atoms with van der Waals surface area (Å²) in [5, 5.41) is 6.83. The van der Waals surface area contributed by atoms with Gasteiger partial charge in [-0.2, -0.15) is 0 Å². The predicted octanol–water partition coefficient (Wildman–Crippen LogP) is 16.7. The molecule has 0 amide bonds. The number of hydrogen-bond acceptors (Lipinski definition) is 2. The molecule has 13 rings (SSSR count). The zero-order chi connectivity index (χ0) is 43.2. The number of nitrogens with zero attached hydrogens (tertiary/aromatic N) is 2. The van der Waals surface area contributed by atoms with Crippen LogP contribution in [0.1, 0.15) is 22.3 Å². The van der Waals surface area contributed by atoms with Crippen LogP contribution in [0.4, 0.5) is 42.9 Å². The zero-order valence-electron chi connectivity index (χ0n) is 35.1. The van der Waals surface area contributed by atoms with Gasteiger partial charge in [-0.1, -0.05) is 140 Å². The van der Waals surface area contributed by atoms with Gasteiger partial charge in [-0.3, -0.25) is 0 Å². The minimum atomic E-state index is -0.703. The standard InChI is InChI=1S/C61H38F2N2/c62-43-22-28-45(29-23-43)64(47-26-20-39-10-1-3-12-41(39)36-47)49-32-33-52-53-34-35-59(65(46-30-24-44(63)25-31-46)48-27-21-40-11-2-4-13-42(40)37-48)54-16-9-19-57(60(53)54)61(58(52)38-49)55-17-7-5-14-50(55)51-15-6-8-18-56(51)61/h1-38H. The lowest BCUT2D eigenvalue weighted by Gasteiger charge is -2.41. The van der Waals surface area contributed by atoms with Crippen molar-refractivity contribution in [3.8, 4) is 22.3 Å². The Kier molecular flexibility index (Phi) is 8.22. The lowest BCUT2D eigenvalue weighted by Crippen LogP contribution is -2.32. The van der Waals surface area contributed by atoms with Crippen molar-refractivity contribution in [2.24, 2.45) is 0 Å². The summed E-state index contributed by atoms with van der Waals surface area (Å²) in [6.45, 7) is 0. The average molecular weight is 837 g/mol. The van der Waals surface area contributed by atoms with Gasteiger partial charge >= 0.3 is 0 Å². The minimum Gasteiger partial charge on any atom is -0.310 e. The van der Waals surface area contributed by atoms with E-state index in [0.29, 0.717) is 0 Å². The molecule has 0 aromatic heterocycles. The maximum Gasteiger partial charge on any atom is 0.123 e. The highest BCUT2D eigenvalue weighted by Gasteiger charge is 2.50. The van der Waals surface area contributed by atoms with Crippen LogP contribution in [0.15, 0.2) is 231 Å². The molecule has 306 valence electrons. The molecule has 0 N–H and O–H groups in total. The van der Waals surface area contributed by atoms with Gasteiger partial charge in [0.25, 0.3) is 0 Å². The number of halogens is 2. The Morgan fingerprint density at radius 1 is 0.292 bits per heavy atom. The van der Waals surface area contributed by atoms with Gasteiger partial charge in [0.2, 0.25) is 0 Å². The molecule has 0 saturated carbocycles. The van der Waals surface area contributed by atoms with Gasteiger partial charge < -0.3 is 9.80 Å². The third-order valence-electron chi connectivity index (χ3n) is 13.7. The Balaban J connectivity index is 1.11. The Hall–Kier alpha value is -8.34. The van der Waals surface area contributed by atoms with Crippen LogP contribution in [0, 0.1) is 11.6 Å². The summed E-state index contributed by atoms with van der Waals surface area (Å²) in [5.41, 5.74) is 14.5. The smallest absolute Gasteiger partial charge is 0.123 e. The van der Waals surface area contributed by atoms with Crippen molar-refractivity contribution in [1.82, 2.24) is 0 Å². The maximum atomic E-state index is 14.6. The number of rotatable bonds is 6. The third-order valence-corrected chi connectivity index (χ3v) is 13.7. The first-order chi connectivity index (χ1) is 32.0. The van der Waals surface area contributed by atoms with Gasteiger partial charge in [0.1, 0.15) is 11.6 Å². The molecule has 11 aromatic rings. The number of hydrogen-bond donors (Lipinski definition) is 0. The molecule has 0 atom stereocenters. The zero-order valence-corrected chi connectivity index (χ0v) is 35.1. The summed E-state index contributed by atoms with van der Waals surface area (Å²) in [5.74, 6) is -0.558. The van der Waals surface area contributed by atoms with Crippen molar-refractivity contribution in [3.63, 3.8) is 0 Å². The molecular weight excluding hydrogens is 799 g/mol. The average Bonchev–Trinajstić information content (AvgIpc) is 3.65. The highest BCUT2D eigenvalue weighted by molar-refractivity contribution is 6.13. The summed E-state index contributed by atoms with van der Waals surface area (Å²) in [6.07, 6.45) is 0. The Labute approximate surface area is 375 Å². The van der Waals surface area contributed by atoms with Crippen molar-refractivity contribution >= 4 is 66.4 Å². The van der Waals surface area contributed by atoms with Crippen LogP contribution < -0.4 is 9.80 Å². The van der Waals surface area contributed by atoms with Crippen LogP contribution in [-0.2, 0) is 5.41 Å². The molecule has 0 bridgehead atoms. The van der Waals surface area contributed by atoms with Gasteiger partial charge in [-0.25, -0.2) is 8.78 Å². The quantitative estimate of drug-likeness (QED) is 0.165. The van der Waals surface area contributed by atoms with Crippen molar-refractivity contribution in [2.75, 3.05) is 9.80 Å². The van der Waals surface area contributed by atoms with Gasteiger partial charge in [0, 0.05) is 33.8 Å². The van der Waals surface area contributed by atoms with Crippen molar-refractivity contribution in [2.45, 2.75) is 5.41 Å². The van der Waals surface area contributed by atoms with E-state index in [4.69, 9.17) is 0 Å². The largest absolute Gasteiger partial charge is 0.310 e. The van der Waals surface area contributed by atoms with E-state index in [2.05, 4.69) is 192 Å². The molecule has 2 aliphatic rings. The van der Waals surface area contributed by atoms with Crippen LogP contribution >= 0.6 is 0 Å². The van der Waals surface area contributed by atoms with E-state index < -0.39 is 5.41 Å². The fraction of sp³-hybridized carbons (Fsp3) is 0.0164. The summed E-state index contributed by atoms with van der Waals surface area (Å²) in [7, 11) is 0. The molecular formula is C61H38F2N2. The molecule has 0 fully saturated rings. The molecule has 0 aliphatic heterocycles. The van der Waals surface area contributed by atoms with E-state index in [1.54, 1.807) is 0 Å². The molecule has 2 aliphatic carbocycles. The molecule has 0 unspecified atom stereocenters. The second-order valence-corrected chi connectivity index (χ2v) is 17.1. The van der Waals surface area contributed by atoms with E-state index in [1.165, 1.54) is 63.0 Å². The van der Waals surface area contributed by atoms with Crippen LogP contribution in [-0.4, -0.2) is 0 Å². The molecule has 1 spiro atoms. The Morgan fingerprint density at radius 3 is 1.35 bits per heavy atom. The second kappa shape index (κ2) is 14.3. The summed E-state index contributed by atoms with van der Waals surface area (Å²) < 4.78 is 29.3. The number of benzene rings is 11. The number of anilines is 6. The molecule has 11 aromatic carbocycles. The maximum absolute atomic E-state index is 14.6. The van der Waals surface area contributed by atoms with E-state index in [9.17, 15) is 8.78 Å². The molecule has 65 heavy (non-hydrogen) atoms.